The lowest BCUT2D eigenvalue weighted by Crippen LogP contribution is -2.32. The molecule has 0 radical (unpaired) electrons. The van der Waals surface area contributed by atoms with Crippen LogP contribution in [0.5, 0.6) is 5.75 Å². The van der Waals surface area contributed by atoms with Crippen molar-refractivity contribution in [2.75, 3.05) is 0 Å². The monoisotopic (exact) mass is 246 g/mol. The van der Waals surface area contributed by atoms with Gasteiger partial charge in [-0.2, -0.15) is 0 Å². The van der Waals surface area contributed by atoms with E-state index in [1.165, 1.54) is 35.3 Å². The van der Waals surface area contributed by atoms with Gasteiger partial charge in [-0.25, -0.2) is 0 Å². The van der Waals surface area contributed by atoms with E-state index < -0.39 is 0 Å². The van der Waals surface area contributed by atoms with Crippen LogP contribution in [0.25, 0.3) is 6.08 Å². The van der Waals surface area contributed by atoms with Gasteiger partial charge in [-0.1, -0.05) is 18.6 Å². The van der Waals surface area contributed by atoms with Gasteiger partial charge in [-0.3, -0.25) is 0 Å². The summed E-state index contributed by atoms with van der Waals surface area (Å²) in [5.41, 5.74) is 4.55. The van der Waals surface area contributed by atoms with Gasteiger partial charge < -0.3 is 5.11 Å². The average Bonchev–Trinajstić information content (AvgIpc) is 2.31. The minimum absolute atomic E-state index is 0.369. The molecule has 1 N–H and O–H groups in total. The van der Waals surface area contributed by atoms with Crippen LogP contribution in [-0.2, 0) is 0 Å². The maximum atomic E-state index is 10.1. The fourth-order valence-electron chi connectivity index (χ4n) is 2.73. The highest BCUT2D eigenvalue weighted by Gasteiger charge is 2.39. The second kappa shape index (κ2) is 3.55. The molecule has 17 heavy (non-hydrogen) atoms. The zero-order valence-electron chi connectivity index (χ0n) is 10.6. The SMILES string of the molecule is Cc1c(C)c2c(c(C)c1O)C=CC1(CCC1)S2. The van der Waals surface area contributed by atoms with Crippen molar-refractivity contribution < 1.29 is 5.11 Å². The molecule has 2 heteroatoms. The van der Waals surface area contributed by atoms with Crippen LogP contribution in [-0.4, -0.2) is 9.85 Å². The second-order valence-electron chi connectivity index (χ2n) is 5.32. The van der Waals surface area contributed by atoms with Crippen molar-refractivity contribution in [3.63, 3.8) is 0 Å². The van der Waals surface area contributed by atoms with Crippen molar-refractivity contribution in [2.45, 2.75) is 49.7 Å². The summed E-state index contributed by atoms with van der Waals surface area (Å²) in [6.07, 6.45) is 8.52. The Morgan fingerprint density at radius 2 is 1.82 bits per heavy atom. The Morgan fingerprint density at radius 1 is 1.12 bits per heavy atom. The van der Waals surface area contributed by atoms with Gasteiger partial charge in [0.05, 0.1) is 0 Å². The molecular formula is C15H18OS. The maximum Gasteiger partial charge on any atom is 0.122 e. The van der Waals surface area contributed by atoms with Crippen LogP contribution in [0.15, 0.2) is 11.0 Å². The van der Waals surface area contributed by atoms with E-state index in [-0.39, 0.29) is 0 Å². The predicted octanol–water partition coefficient (Wildman–Crippen LogP) is 4.36. The molecule has 1 nitrogen and oxygen atoms in total. The molecular weight excluding hydrogens is 228 g/mol. The highest BCUT2D eigenvalue weighted by molar-refractivity contribution is 8.01. The van der Waals surface area contributed by atoms with Gasteiger partial charge in [-0.05, 0) is 55.9 Å². The van der Waals surface area contributed by atoms with Crippen molar-refractivity contribution in [1.29, 1.82) is 0 Å². The highest BCUT2D eigenvalue weighted by Crippen LogP contribution is 2.54. The summed E-state index contributed by atoms with van der Waals surface area (Å²) >= 11 is 2.01. The highest BCUT2D eigenvalue weighted by atomic mass is 32.2. The predicted molar refractivity (Wildman–Crippen MR) is 73.8 cm³/mol. The molecule has 0 atom stereocenters. The Morgan fingerprint density at radius 3 is 2.41 bits per heavy atom. The molecule has 0 bridgehead atoms. The normalized spacial score (nSPS) is 20.2. The molecule has 1 aliphatic heterocycles. The first-order valence-corrected chi connectivity index (χ1v) is 7.07. The lowest BCUT2D eigenvalue weighted by molar-refractivity contribution is 0.431. The first kappa shape index (κ1) is 11.2. The van der Waals surface area contributed by atoms with E-state index in [9.17, 15) is 5.11 Å². The molecule has 1 fully saturated rings. The van der Waals surface area contributed by atoms with E-state index in [2.05, 4.69) is 19.1 Å². The fourth-order valence-corrected chi connectivity index (χ4v) is 4.40. The Balaban J connectivity index is 2.19. The molecule has 1 aromatic carbocycles. The molecule has 1 aromatic rings. The largest absolute Gasteiger partial charge is 0.507 e. The van der Waals surface area contributed by atoms with Gasteiger partial charge >= 0.3 is 0 Å². The van der Waals surface area contributed by atoms with Crippen molar-refractivity contribution in [2.24, 2.45) is 0 Å². The number of benzene rings is 1. The van der Waals surface area contributed by atoms with E-state index in [0.29, 0.717) is 10.5 Å². The molecule has 1 heterocycles. The minimum atomic E-state index is 0.369. The molecule has 1 saturated carbocycles. The molecule has 0 saturated heterocycles. The molecule has 90 valence electrons. The minimum Gasteiger partial charge on any atom is -0.507 e. The Hall–Kier alpha value is -0.890. The zero-order chi connectivity index (χ0) is 12.2. The average molecular weight is 246 g/mol. The third-order valence-corrected chi connectivity index (χ3v) is 6.00. The second-order valence-corrected chi connectivity index (χ2v) is 6.75. The number of phenolic OH excluding ortho intramolecular Hbond substituents is 1. The van der Waals surface area contributed by atoms with Gasteiger partial charge in [-0.15, -0.1) is 11.8 Å². The van der Waals surface area contributed by atoms with Crippen LogP contribution < -0.4 is 0 Å². The lowest BCUT2D eigenvalue weighted by atomic mass is 9.83. The van der Waals surface area contributed by atoms with E-state index in [0.717, 1.165) is 11.1 Å². The summed E-state index contributed by atoms with van der Waals surface area (Å²) in [4.78, 5) is 1.39. The van der Waals surface area contributed by atoms with Gasteiger partial charge in [0.15, 0.2) is 0 Å². The van der Waals surface area contributed by atoms with E-state index in [1.54, 1.807) is 0 Å². The summed E-state index contributed by atoms with van der Waals surface area (Å²) in [7, 11) is 0. The summed E-state index contributed by atoms with van der Waals surface area (Å²) in [5.74, 6) is 0.469. The number of hydrogen-bond donors (Lipinski definition) is 1. The quantitative estimate of drug-likeness (QED) is 0.734. The van der Waals surface area contributed by atoms with E-state index in [1.807, 2.05) is 25.6 Å². The summed E-state index contributed by atoms with van der Waals surface area (Å²) in [5, 5.41) is 10.1. The molecule has 2 aliphatic rings. The van der Waals surface area contributed by atoms with Crippen molar-refractivity contribution in [3.8, 4) is 5.75 Å². The van der Waals surface area contributed by atoms with Crippen LogP contribution in [0, 0.1) is 20.8 Å². The number of rotatable bonds is 0. The van der Waals surface area contributed by atoms with E-state index >= 15 is 0 Å². The van der Waals surface area contributed by atoms with Crippen LogP contribution in [0.2, 0.25) is 0 Å². The van der Waals surface area contributed by atoms with E-state index in [4.69, 9.17) is 0 Å². The van der Waals surface area contributed by atoms with Crippen LogP contribution in [0.3, 0.4) is 0 Å². The summed E-state index contributed by atoms with van der Waals surface area (Å²) < 4.78 is 0.369. The molecule has 0 aromatic heterocycles. The van der Waals surface area contributed by atoms with Gasteiger partial charge in [0.25, 0.3) is 0 Å². The first-order chi connectivity index (χ1) is 8.04. The topological polar surface area (TPSA) is 20.2 Å². The first-order valence-electron chi connectivity index (χ1n) is 6.25. The van der Waals surface area contributed by atoms with Crippen molar-refractivity contribution >= 4 is 17.8 Å². The maximum absolute atomic E-state index is 10.1. The Kier molecular flexibility index (Phi) is 2.34. The van der Waals surface area contributed by atoms with Gasteiger partial charge in [0.2, 0.25) is 0 Å². The number of thioether (sulfide) groups is 1. The van der Waals surface area contributed by atoms with Crippen molar-refractivity contribution in [3.05, 3.63) is 28.3 Å². The van der Waals surface area contributed by atoms with Crippen molar-refractivity contribution in [1.82, 2.24) is 0 Å². The Labute approximate surface area is 107 Å². The molecule has 1 aliphatic carbocycles. The molecule has 1 spiro atoms. The number of hydrogen-bond acceptors (Lipinski definition) is 2. The number of fused-ring (bicyclic) bond motifs is 1. The van der Waals surface area contributed by atoms with Crippen LogP contribution >= 0.6 is 11.8 Å². The number of phenols is 1. The fraction of sp³-hybridized carbons (Fsp3) is 0.467. The zero-order valence-corrected chi connectivity index (χ0v) is 11.4. The third-order valence-electron chi connectivity index (χ3n) is 4.32. The van der Waals surface area contributed by atoms with Crippen LogP contribution in [0.1, 0.15) is 41.5 Å². The van der Waals surface area contributed by atoms with Gasteiger partial charge in [0, 0.05) is 9.64 Å². The molecule has 0 amide bonds. The summed E-state index contributed by atoms with van der Waals surface area (Å²) in [6.45, 7) is 6.17. The number of aromatic hydroxyl groups is 1. The molecule has 3 rings (SSSR count). The third kappa shape index (κ3) is 1.46. The lowest BCUT2D eigenvalue weighted by Gasteiger charge is -2.42. The smallest absolute Gasteiger partial charge is 0.122 e. The standard InChI is InChI=1S/C15H18OS/c1-9-10(2)14-12(11(3)13(9)16)5-8-15(17-14)6-4-7-15/h5,8,16H,4,6-7H2,1-3H3. The van der Waals surface area contributed by atoms with Gasteiger partial charge in [0.1, 0.15) is 5.75 Å². The summed E-state index contributed by atoms with van der Waals surface area (Å²) in [6, 6.07) is 0. The van der Waals surface area contributed by atoms with Crippen LogP contribution in [0.4, 0.5) is 0 Å². The Bertz CT molecular complexity index is 524. The molecule has 0 unspecified atom stereocenters.